The molecule has 1 aliphatic rings. The average Bonchev–Trinajstić information content (AvgIpc) is 3.25. The monoisotopic (exact) mass is 334 g/mol. The maximum absolute atomic E-state index is 4.84. The molecule has 2 nitrogen and oxygen atoms in total. The Morgan fingerprint density at radius 1 is 1.35 bits per heavy atom. The zero-order valence-electron chi connectivity index (χ0n) is 12.2. The normalized spacial score (nSPS) is 16.7. The van der Waals surface area contributed by atoms with E-state index in [9.17, 15) is 0 Å². The van der Waals surface area contributed by atoms with E-state index >= 15 is 0 Å². The molecular weight excluding hydrogens is 312 g/mol. The average molecular weight is 335 g/mol. The van der Waals surface area contributed by atoms with E-state index in [0.29, 0.717) is 0 Å². The van der Waals surface area contributed by atoms with Crippen LogP contribution in [0.3, 0.4) is 0 Å². The highest BCUT2D eigenvalue weighted by molar-refractivity contribution is 9.09. The minimum absolute atomic E-state index is 0.728. The first-order valence-corrected chi connectivity index (χ1v) is 8.79. The lowest BCUT2D eigenvalue weighted by Crippen LogP contribution is -2.06. The van der Waals surface area contributed by atoms with Crippen molar-refractivity contribution in [1.29, 1.82) is 0 Å². The molecule has 1 heterocycles. The van der Waals surface area contributed by atoms with Gasteiger partial charge in [-0.3, -0.25) is 0 Å². The van der Waals surface area contributed by atoms with Crippen molar-refractivity contribution in [2.24, 2.45) is 5.92 Å². The first kappa shape index (κ1) is 14.1. The predicted octanol–water partition coefficient (Wildman–Crippen LogP) is 4.94. The minimum atomic E-state index is 0.728. The van der Waals surface area contributed by atoms with Crippen LogP contribution in [0.2, 0.25) is 0 Å². The maximum Gasteiger partial charge on any atom is 0.109 e. The first-order chi connectivity index (χ1) is 9.79. The third kappa shape index (κ3) is 3.08. The molecule has 1 aromatic carbocycles. The van der Waals surface area contributed by atoms with Crippen LogP contribution < -0.4 is 0 Å². The van der Waals surface area contributed by atoms with Gasteiger partial charge >= 0.3 is 0 Å². The standard InChI is InChI=1S/C17H23BrN2/c1-2-12-20-16-8-4-3-7-15(16)19-17(20)9-5-6-14(18)13-10-11-13/h3-4,7-8,13-14H,2,5-6,9-12H2,1H3. The molecule has 0 bridgehead atoms. The molecule has 2 aromatic rings. The van der Waals surface area contributed by atoms with Crippen molar-refractivity contribution >= 4 is 27.0 Å². The summed E-state index contributed by atoms with van der Waals surface area (Å²) in [7, 11) is 0. The minimum Gasteiger partial charge on any atom is -0.328 e. The maximum atomic E-state index is 4.84. The molecule has 1 atom stereocenters. The number of hydrogen-bond acceptors (Lipinski definition) is 1. The van der Waals surface area contributed by atoms with E-state index in [4.69, 9.17) is 4.98 Å². The summed E-state index contributed by atoms with van der Waals surface area (Å²) >= 11 is 3.83. The smallest absolute Gasteiger partial charge is 0.109 e. The van der Waals surface area contributed by atoms with Gasteiger partial charge in [-0.15, -0.1) is 0 Å². The second-order valence-electron chi connectivity index (χ2n) is 5.91. The Balaban J connectivity index is 1.70. The highest BCUT2D eigenvalue weighted by Gasteiger charge is 2.28. The lowest BCUT2D eigenvalue weighted by Gasteiger charge is -2.10. The molecule has 0 radical (unpaired) electrons. The molecule has 0 spiro atoms. The van der Waals surface area contributed by atoms with Crippen LogP contribution in [0, 0.1) is 5.92 Å². The summed E-state index contributed by atoms with van der Waals surface area (Å²) in [6.45, 7) is 3.32. The molecule has 108 valence electrons. The molecule has 1 fully saturated rings. The summed E-state index contributed by atoms with van der Waals surface area (Å²) in [5, 5.41) is 0. The molecule has 0 saturated heterocycles. The zero-order chi connectivity index (χ0) is 13.9. The quantitative estimate of drug-likeness (QED) is 0.655. The van der Waals surface area contributed by atoms with Crippen molar-refractivity contribution in [3.05, 3.63) is 30.1 Å². The Hall–Kier alpha value is -0.830. The number of rotatable bonds is 7. The molecule has 1 aliphatic carbocycles. The van der Waals surface area contributed by atoms with Gasteiger partial charge in [0, 0.05) is 17.8 Å². The number of aromatic nitrogens is 2. The number of fused-ring (bicyclic) bond motifs is 1. The summed E-state index contributed by atoms with van der Waals surface area (Å²) in [6.07, 6.45) is 7.62. The van der Waals surface area contributed by atoms with Gasteiger partial charge in [-0.05, 0) is 50.2 Å². The van der Waals surface area contributed by atoms with Crippen molar-refractivity contribution in [3.8, 4) is 0 Å². The van der Waals surface area contributed by atoms with E-state index in [1.807, 2.05) is 0 Å². The van der Waals surface area contributed by atoms with Gasteiger partial charge in [0.25, 0.3) is 0 Å². The van der Waals surface area contributed by atoms with Crippen molar-refractivity contribution in [1.82, 2.24) is 9.55 Å². The molecule has 1 saturated carbocycles. The Morgan fingerprint density at radius 3 is 2.90 bits per heavy atom. The van der Waals surface area contributed by atoms with Gasteiger partial charge in [0.05, 0.1) is 11.0 Å². The topological polar surface area (TPSA) is 17.8 Å². The third-order valence-electron chi connectivity index (χ3n) is 4.19. The fourth-order valence-corrected chi connectivity index (χ4v) is 3.79. The van der Waals surface area contributed by atoms with Crippen molar-refractivity contribution in [2.75, 3.05) is 0 Å². The van der Waals surface area contributed by atoms with Crippen LogP contribution in [0.15, 0.2) is 24.3 Å². The molecule has 20 heavy (non-hydrogen) atoms. The highest BCUT2D eigenvalue weighted by atomic mass is 79.9. The number of imidazole rings is 1. The molecular formula is C17H23BrN2. The summed E-state index contributed by atoms with van der Waals surface area (Å²) in [4.78, 5) is 5.56. The van der Waals surface area contributed by atoms with E-state index in [1.54, 1.807) is 0 Å². The molecule has 0 aliphatic heterocycles. The number of benzene rings is 1. The number of aryl methyl sites for hydroxylation is 2. The van der Waals surface area contributed by atoms with Crippen LogP contribution in [0.5, 0.6) is 0 Å². The second kappa shape index (κ2) is 6.30. The molecule has 1 unspecified atom stereocenters. The molecule has 0 amide bonds. The number of halogens is 1. The zero-order valence-corrected chi connectivity index (χ0v) is 13.8. The van der Waals surface area contributed by atoms with Gasteiger partial charge in [0.1, 0.15) is 5.82 Å². The van der Waals surface area contributed by atoms with Gasteiger partial charge < -0.3 is 4.57 Å². The molecule has 0 N–H and O–H groups in total. The van der Waals surface area contributed by atoms with E-state index in [1.165, 1.54) is 37.0 Å². The van der Waals surface area contributed by atoms with Crippen molar-refractivity contribution < 1.29 is 0 Å². The van der Waals surface area contributed by atoms with Crippen molar-refractivity contribution in [2.45, 2.75) is 56.8 Å². The summed E-state index contributed by atoms with van der Waals surface area (Å²) < 4.78 is 2.41. The van der Waals surface area contributed by atoms with Crippen LogP contribution in [-0.2, 0) is 13.0 Å². The van der Waals surface area contributed by atoms with Gasteiger partial charge in [0.15, 0.2) is 0 Å². The highest BCUT2D eigenvalue weighted by Crippen LogP contribution is 2.38. The summed E-state index contributed by atoms with van der Waals surface area (Å²) in [5.41, 5.74) is 2.44. The SMILES string of the molecule is CCCn1c(CCCC(Br)C2CC2)nc2ccccc21. The van der Waals surface area contributed by atoms with E-state index < -0.39 is 0 Å². The van der Waals surface area contributed by atoms with Crippen LogP contribution in [-0.4, -0.2) is 14.4 Å². The van der Waals surface area contributed by atoms with Gasteiger partial charge in [-0.25, -0.2) is 4.98 Å². The fourth-order valence-electron chi connectivity index (χ4n) is 2.94. The van der Waals surface area contributed by atoms with E-state index in [2.05, 4.69) is 51.7 Å². The largest absolute Gasteiger partial charge is 0.328 e. The molecule has 1 aromatic heterocycles. The van der Waals surface area contributed by atoms with Gasteiger partial charge in [-0.2, -0.15) is 0 Å². The second-order valence-corrected chi connectivity index (χ2v) is 7.09. The third-order valence-corrected chi connectivity index (χ3v) is 5.40. The number of alkyl halides is 1. The lowest BCUT2D eigenvalue weighted by atomic mass is 10.1. The fraction of sp³-hybridized carbons (Fsp3) is 0.588. The van der Waals surface area contributed by atoms with Gasteiger partial charge in [0.2, 0.25) is 0 Å². The van der Waals surface area contributed by atoms with Crippen molar-refractivity contribution in [3.63, 3.8) is 0 Å². The van der Waals surface area contributed by atoms with Gasteiger partial charge in [-0.1, -0.05) is 35.0 Å². The number of nitrogens with zero attached hydrogens (tertiary/aromatic N) is 2. The Kier molecular flexibility index (Phi) is 4.45. The van der Waals surface area contributed by atoms with E-state index in [0.717, 1.165) is 35.6 Å². The van der Waals surface area contributed by atoms with Crippen LogP contribution >= 0.6 is 15.9 Å². The predicted molar refractivity (Wildman–Crippen MR) is 88.4 cm³/mol. The number of para-hydroxylation sites is 2. The van der Waals surface area contributed by atoms with Crippen LogP contribution in [0.1, 0.15) is 44.9 Å². The van der Waals surface area contributed by atoms with Crippen LogP contribution in [0.4, 0.5) is 0 Å². The first-order valence-electron chi connectivity index (χ1n) is 7.87. The lowest BCUT2D eigenvalue weighted by molar-refractivity contribution is 0.604. The van der Waals surface area contributed by atoms with E-state index in [-0.39, 0.29) is 0 Å². The Bertz CT molecular complexity index is 571. The molecule has 3 heteroatoms. The Morgan fingerprint density at radius 2 is 2.15 bits per heavy atom. The molecule has 3 rings (SSSR count). The Labute approximate surface area is 129 Å². The number of hydrogen-bond donors (Lipinski definition) is 0. The summed E-state index contributed by atoms with van der Waals surface area (Å²) in [5.74, 6) is 2.22. The van der Waals surface area contributed by atoms with Crippen LogP contribution in [0.25, 0.3) is 11.0 Å². The summed E-state index contributed by atoms with van der Waals surface area (Å²) in [6, 6.07) is 8.51.